The Bertz CT molecular complexity index is 1340. The highest BCUT2D eigenvalue weighted by Crippen LogP contribution is 2.34. The zero-order chi connectivity index (χ0) is 21.4. The van der Waals surface area contributed by atoms with E-state index in [0.717, 1.165) is 27.3 Å². The van der Waals surface area contributed by atoms with Crippen molar-refractivity contribution in [2.75, 3.05) is 12.4 Å². The molecule has 1 aromatic carbocycles. The number of anilines is 1. The van der Waals surface area contributed by atoms with Crippen molar-refractivity contribution in [3.63, 3.8) is 0 Å². The molecule has 0 fully saturated rings. The molecule has 156 valence electrons. The van der Waals surface area contributed by atoms with Crippen LogP contribution in [0.1, 0.15) is 25.8 Å². The number of hydrogen-bond acceptors (Lipinski definition) is 8. The number of hydrogen-bond donors (Lipinski definition) is 1. The van der Waals surface area contributed by atoms with Crippen molar-refractivity contribution in [1.29, 1.82) is 0 Å². The van der Waals surface area contributed by atoms with E-state index in [9.17, 15) is 4.79 Å². The number of fused-ring (bicyclic) bond motifs is 2. The van der Waals surface area contributed by atoms with Gasteiger partial charge in [0.15, 0.2) is 0 Å². The van der Waals surface area contributed by atoms with Gasteiger partial charge in [-0.25, -0.2) is 15.0 Å². The third-order valence-corrected chi connectivity index (χ3v) is 8.00. The lowest BCUT2D eigenvalue weighted by molar-refractivity contribution is 0.0788. The van der Waals surface area contributed by atoms with Gasteiger partial charge in [0, 0.05) is 22.0 Å². The fourth-order valence-corrected chi connectivity index (χ4v) is 6.21. The molecule has 6 nitrogen and oxygen atoms in total. The van der Waals surface area contributed by atoms with Crippen molar-refractivity contribution in [3.8, 4) is 0 Å². The molecule has 0 bridgehead atoms. The van der Waals surface area contributed by atoms with Crippen molar-refractivity contribution < 1.29 is 4.79 Å². The van der Waals surface area contributed by atoms with E-state index < -0.39 is 0 Å². The zero-order valence-electron chi connectivity index (χ0n) is 17.0. The van der Waals surface area contributed by atoms with E-state index in [4.69, 9.17) is 0 Å². The molecule has 0 radical (unpaired) electrons. The number of amides is 1. The standard InChI is InChI=1S/C22H19N5OS3/c1-13-18-20(23-8-16-7-14-5-3-4-6-17(14)30-16)24-11-25-21(18)31-19(13)22(28)27(2)9-15-10-29-12-26-15/h3-7,10-12H,8-9H2,1-2H3,(H,23,24,25). The Balaban J connectivity index is 1.40. The van der Waals surface area contributed by atoms with E-state index in [1.165, 1.54) is 37.6 Å². The Hall–Kier alpha value is -2.88. The summed E-state index contributed by atoms with van der Waals surface area (Å²) >= 11 is 4.72. The predicted molar refractivity (Wildman–Crippen MR) is 129 cm³/mol. The van der Waals surface area contributed by atoms with Crippen LogP contribution < -0.4 is 5.32 Å². The number of nitrogens with one attached hydrogen (secondary N) is 1. The van der Waals surface area contributed by atoms with Crippen LogP contribution in [0, 0.1) is 6.92 Å². The molecule has 1 amide bonds. The SMILES string of the molecule is Cc1c(C(=O)N(C)Cc2cscn2)sc2ncnc(NCc3cc4ccccc4s3)c12. The number of carbonyl (C=O) groups excluding carboxylic acids is 1. The van der Waals surface area contributed by atoms with E-state index in [2.05, 4.69) is 50.6 Å². The number of carbonyl (C=O) groups is 1. The molecular weight excluding hydrogens is 446 g/mol. The molecular formula is C22H19N5OS3. The smallest absolute Gasteiger partial charge is 0.264 e. The van der Waals surface area contributed by atoms with E-state index in [0.29, 0.717) is 18.0 Å². The summed E-state index contributed by atoms with van der Waals surface area (Å²) in [5.74, 6) is 0.737. The second-order valence-electron chi connectivity index (χ2n) is 7.20. The van der Waals surface area contributed by atoms with Crippen molar-refractivity contribution in [2.24, 2.45) is 0 Å². The number of thiazole rings is 1. The van der Waals surface area contributed by atoms with Gasteiger partial charge in [-0.2, -0.15) is 0 Å². The van der Waals surface area contributed by atoms with E-state index in [1.807, 2.05) is 12.3 Å². The molecule has 0 aliphatic carbocycles. The summed E-state index contributed by atoms with van der Waals surface area (Å²) in [5.41, 5.74) is 3.59. The van der Waals surface area contributed by atoms with Crippen molar-refractivity contribution in [1.82, 2.24) is 19.9 Å². The summed E-state index contributed by atoms with van der Waals surface area (Å²) < 4.78 is 1.27. The average Bonchev–Trinajstić information content (AvgIpc) is 3.50. The van der Waals surface area contributed by atoms with Crippen molar-refractivity contribution in [3.05, 3.63) is 68.6 Å². The average molecular weight is 466 g/mol. The van der Waals surface area contributed by atoms with E-state index in [1.54, 1.807) is 35.1 Å². The van der Waals surface area contributed by atoms with Gasteiger partial charge < -0.3 is 10.2 Å². The summed E-state index contributed by atoms with van der Waals surface area (Å²) in [7, 11) is 1.80. The van der Waals surface area contributed by atoms with Crippen LogP contribution in [-0.2, 0) is 13.1 Å². The number of thiophene rings is 2. The lowest BCUT2D eigenvalue weighted by Gasteiger charge is -2.15. The summed E-state index contributed by atoms with van der Waals surface area (Å²) in [6, 6.07) is 10.6. The summed E-state index contributed by atoms with van der Waals surface area (Å²) in [6.45, 7) is 3.13. The first-order chi connectivity index (χ1) is 15.1. The number of benzene rings is 1. The normalized spacial score (nSPS) is 11.3. The second-order valence-corrected chi connectivity index (χ2v) is 10.1. The Kier molecular flexibility index (Phi) is 5.39. The highest BCUT2D eigenvalue weighted by atomic mass is 32.1. The van der Waals surface area contributed by atoms with Gasteiger partial charge in [0.2, 0.25) is 0 Å². The Labute approximate surface area is 191 Å². The second kappa shape index (κ2) is 8.33. The van der Waals surface area contributed by atoms with Gasteiger partial charge in [0.1, 0.15) is 17.0 Å². The summed E-state index contributed by atoms with van der Waals surface area (Å²) in [5, 5.41) is 7.58. The Morgan fingerprint density at radius 3 is 2.84 bits per heavy atom. The summed E-state index contributed by atoms with van der Waals surface area (Å²) in [6.07, 6.45) is 1.55. The number of rotatable bonds is 6. The third-order valence-electron chi connectivity index (χ3n) is 5.06. The monoisotopic (exact) mass is 465 g/mol. The molecule has 1 N–H and O–H groups in total. The van der Waals surface area contributed by atoms with Crippen LogP contribution in [0.3, 0.4) is 0 Å². The molecule has 0 spiro atoms. The quantitative estimate of drug-likeness (QED) is 0.356. The number of nitrogens with zero attached hydrogens (tertiary/aromatic N) is 4. The van der Waals surface area contributed by atoms with Gasteiger partial charge in [0.05, 0.1) is 34.6 Å². The maximum absolute atomic E-state index is 13.1. The van der Waals surface area contributed by atoms with Gasteiger partial charge in [-0.05, 0) is 30.0 Å². The molecule has 31 heavy (non-hydrogen) atoms. The molecule has 0 saturated carbocycles. The minimum Gasteiger partial charge on any atom is -0.365 e. The van der Waals surface area contributed by atoms with Crippen molar-refractivity contribution >= 4 is 66.0 Å². The number of aromatic nitrogens is 3. The van der Waals surface area contributed by atoms with Gasteiger partial charge in [-0.3, -0.25) is 4.79 Å². The lowest BCUT2D eigenvalue weighted by atomic mass is 10.2. The van der Waals surface area contributed by atoms with Crippen LogP contribution in [0.5, 0.6) is 0 Å². The van der Waals surface area contributed by atoms with Crippen LogP contribution in [0.2, 0.25) is 0 Å². The minimum atomic E-state index is -0.0241. The van der Waals surface area contributed by atoms with Crippen LogP contribution in [0.4, 0.5) is 5.82 Å². The Morgan fingerprint density at radius 2 is 2.03 bits per heavy atom. The fourth-order valence-electron chi connectivity index (χ4n) is 3.51. The maximum Gasteiger partial charge on any atom is 0.264 e. The first-order valence-electron chi connectivity index (χ1n) is 9.68. The fraction of sp³-hybridized carbons (Fsp3) is 0.182. The molecule has 0 aliphatic heterocycles. The topological polar surface area (TPSA) is 71.0 Å². The molecule has 0 saturated heterocycles. The third kappa shape index (κ3) is 3.91. The molecule has 0 aliphatic rings. The predicted octanol–water partition coefficient (Wildman–Crippen LogP) is 5.56. The van der Waals surface area contributed by atoms with Crippen LogP contribution in [-0.4, -0.2) is 32.8 Å². The maximum atomic E-state index is 13.1. The van der Waals surface area contributed by atoms with Gasteiger partial charge in [-0.1, -0.05) is 18.2 Å². The van der Waals surface area contributed by atoms with Gasteiger partial charge in [0.25, 0.3) is 5.91 Å². The highest BCUT2D eigenvalue weighted by Gasteiger charge is 2.22. The number of aryl methyl sites for hydroxylation is 1. The highest BCUT2D eigenvalue weighted by molar-refractivity contribution is 7.20. The first-order valence-corrected chi connectivity index (χ1v) is 12.3. The van der Waals surface area contributed by atoms with Gasteiger partial charge in [-0.15, -0.1) is 34.0 Å². The summed E-state index contributed by atoms with van der Waals surface area (Å²) in [4.78, 5) is 30.7. The van der Waals surface area contributed by atoms with Crippen LogP contribution >= 0.6 is 34.0 Å². The largest absolute Gasteiger partial charge is 0.365 e. The Morgan fingerprint density at radius 1 is 1.16 bits per heavy atom. The van der Waals surface area contributed by atoms with Gasteiger partial charge >= 0.3 is 0 Å². The lowest BCUT2D eigenvalue weighted by Crippen LogP contribution is -2.26. The molecule has 5 aromatic rings. The zero-order valence-corrected chi connectivity index (χ0v) is 19.4. The molecule has 9 heteroatoms. The van der Waals surface area contributed by atoms with Crippen LogP contribution in [0.25, 0.3) is 20.3 Å². The van der Waals surface area contributed by atoms with E-state index in [-0.39, 0.29) is 5.91 Å². The molecule has 0 atom stereocenters. The van der Waals surface area contributed by atoms with Crippen LogP contribution in [0.15, 0.2) is 47.5 Å². The van der Waals surface area contributed by atoms with Crippen molar-refractivity contribution in [2.45, 2.75) is 20.0 Å². The molecule has 0 unspecified atom stereocenters. The van der Waals surface area contributed by atoms with E-state index >= 15 is 0 Å². The molecule has 5 rings (SSSR count). The minimum absolute atomic E-state index is 0.0241. The molecule has 4 aromatic heterocycles. The first kappa shape index (κ1) is 20.0. The molecule has 4 heterocycles.